The van der Waals surface area contributed by atoms with Gasteiger partial charge >= 0.3 is 0 Å². The van der Waals surface area contributed by atoms with E-state index in [1.54, 1.807) is 0 Å². The Morgan fingerprint density at radius 2 is 2.00 bits per heavy atom. The minimum atomic E-state index is 0.0755. The Morgan fingerprint density at radius 3 is 2.90 bits per heavy atom. The van der Waals surface area contributed by atoms with Gasteiger partial charge in [0.15, 0.2) is 0 Å². The van der Waals surface area contributed by atoms with E-state index in [0.29, 0.717) is 37.4 Å². The van der Waals surface area contributed by atoms with E-state index >= 15 is 0 Å². The van der Waals surface area contributed by atoms with Crippen molar-refractivity contribution in [2.75, 3.05) is 26.2 Å². The van der Waals surface area contributed by atoms with Crippen LogP contribution in [-0.4, -0.2) is 64.8 Å². The number of nitrogens with zero attached hydrogens (tertiary/aromatic N) is 3. The number of hydrogen-bond acceptors (Lipinski definition) is 3. The fourth-order valence-electron chi connectivity index (χ4n) is 7.12. The normalized spacial score (nSPS) is 32.3. The molecule has 4 aliphatic heterocycles. The first-order valence-corrected chi connectivity index (χ1v) is 12.3. The molecule has 0 unspecified atom stereocenters. The van der Waals surface area contributed by atoms with Crippen LogP contribution < -0.4 is 0 Å². The first-order chi connectivity index (χ1) is 15.2. The van der Waals surface area contributed by atoms with Crippen LogP contribution in [0.15, 0.2) is 35.9 Å². The van der Waals surface area contributed by atoms with Crippen LogP contribution in [0.3, 0.4) is 0 Å². The molecule has 0 saturated carbocycles. The van der Waals surface area contributed by atoms with Crippen LogP contribution in [0.1, 0.15) is 60.9 Å². The predicted molar refractivity (Wildman–Crippen MR) is 119 cm³/mol. The quantitative estimate of drug-likeness (QED) is 0.705. The summed E-state index contributed by atoms with van der Waals surface area (Å²) in [5.41, 5.74) is 3.42. The van der Waals surface area contributed by atoms with Crippen LogP contribution in [0.25, 0.3) is 0 Å². The molecule has 2 bridgehead atoms. The molecular formula is C26H33N3O2. The van der Waals surface area contributed by atoms with Crippen molar-refractivity contribution in [3.8, 4) is 0 Å². The predicted octanol–water partition coefficient (Wildman–Crippen LogP) is 3.45. The van der Waals surface area contributed by atoms with Crippen LogP contribution in [-0.2, 0) is 11.3 Å². The molecule has 5 heteroatoms. The zero-order valence-corrected chi connectivity index (χ0v) is 18.3. The molecule has 4 heterocycles. The number of piperidine rings is 3. The molecule has 0 aromatic heterocycles. The summed E-state index contributed by atoms with van der Waals surface area (Å²) >= 11 is 0. The van der Waals surface area contributed by atoms with E-state index < -0.39 is 0 Å². The van der Waals surface area contributed by atoms with E-state index in [2.05, 4.69) is 15.9 Å². The summed E-state index contributed by atoms with van der Waals surface area (Å²) in [6.45, 7) is 4.43. The molecule has 1 aromatic carbocycles. The molecule has 5 aliphatic rings. The summed E-state index contributed by atoms with van der Waals surface area (Å²) < 4.78 is 0. The number of carbonyl (C=O) groups is 2. The Morgan fingerprint density at radius 1 is 1.10 bits per heavy atom. The maximum Gasteiger partial charge on any atom is 0.254 e. The first kappa shape index (κ1) is 19.5. The zero-order chi connectivity index (χ0) is 20.9. The van der Waals surface area contributed by atoms with Gasteiger partial charge in [-0.2, -0.15) is 0 Å². The molecule has 1 aliphatic carbocycles. The highest BCUT2D eigenvalue weighted by Gasteiger charge is 2.46. The molecular weight excluding hydrogens is 386 g/mol. The van der Waals surface area contributed by atoms with Crippen molar-refractivity contribution in [2.24, 2.45) is 11.8 Å². The molecule has 0 spiro atoms. The van der Waals surface area contributed by atoms with Crippen LogP contribution in [0.2, 0.25) is 0 Å². The Labute approximate surface area is 185 Å². The smallest absolute Gasteiger partial charge is 0.254 e. The Hall–Kier alpha value is -2.14. The van der Waals surface area contributed by atoms with Gasteiger partial charge in [-0.05, 0) is 62.1 Å². The van der Waals surface area contributed by atoms with Crippen molar-refractivity contribution in [1.29, 1.82) is 0 Å². The number of likely N-dealkylation sites (tertiary alicyclic amines) is 1. The largest absolute Gasteiger partial charge is 0.336 e. The highest BCUT2D eigenvalue weighted by atomic mass is 16.2. The van der Waals surface area contributed by atoms with Gasteiger partial charge in [0.05, 0.1) is 6.04 Å². The van der Waals surface area contributed by atoms with E-state index in [1.807, 2.05) is 29.2 Å². The molecule has 4 atom stereocenters. The second kappa shape index (κ2) is 7.77. The number of benzene rings is 1. The van der Waals surface area contributed by atoms with Gasteiger partial charge in [-0.15, -0.1) is 0 Å². The number of hydrogen-bond donors (Lipinski definition) is 0. The lowest BCUT2D eigenvalue weighted by atomic mass is 9.68. The minimum absolute atomic E-state index is 0.0755. The van der Waals surface area contributed by atoms with Crippen molar-refractivity contribution in [3.05, 3.63) is 47.0 Å². The van der Waals surface area contributed by atoms with Crippen molar-refractivity contribution >= 4 is 11.8 Å². The van der Waals surface area contributed by atoms with Crippen molar-refractivity contribution < 1.29 is 9.59 Å². The number of rotatable bonds is 3. The topological polar surface area (TPSA) is 43.9 Å². The van der Waals surface area contributed by atoms with Crippen LogP contribution in [0.4, 0.5) is 0 Å². The molecule has 0 radical (unpaired) electrons. The van der Waals surface area contributed by atoms with E-state index in [4.69, 9.17) is 0 Å². The van der Waals surface area contributed by atoms with E-state index in [1.165, 1.54) is 37.8 Å². The van der Waals surface area contributed by atoms with Crippen LogP contribution >= 0.6 is 0 Å². The summed E-state index contributed by atoms with van der Waals surface area (Å²) in [4.78, 5) is 32.8. The number of amides is 2. The molecule has 0 N–H and O–H groups in total. The fourth-order valence-corrected chi connectivity index (χ4v) is 7.12. The van der Waals surface area contributed by atoms with Crippen molar-refractivity contribution in [1.82, 2.24) is 14.7 Å². The maximum atomic E-state index is 13.4. The maximum absolute atomic E-state index is 13.4. The standard InChI is InChI=1S/C26H33N3O2/c30-24(10-13-28-16-19-6-1-2-8-22(19)26(28)31)29-12-5-7-18-14-20-15-21(25(18)29)17-27-11-4-3-9-23(20)27/h1-2,6,8,14,20-21,23,25H,3-5,7,9-13,15-17H2/t20-,21-,23-,25+/m0/s1. The van der Waals surface area contributed by atoms with Crippen LogP contribution in [0.5, 0.6) is 0 Å². The minimum Gasteiger partial charge on any atom is -0.336 e. The summed E-state index contributed by atoms with van der Waals surface area (Å²) in [5.74, 6) is 1.59. The summed E-state index contributed by atoms with van der Waals surface area (Å²) in [7, 11) is 0. The van der Waals surface area contributed by atoms with Crippen LogP contribution in [0, 0.1) is 11.8 Å². The van der Waals surface area contributed by atoms with E-state index in [0.717, 1.165) is 43.1 Å². The SMILES string of the molecule is O=C1c2ccccc2CN1CCC(=O)N1CCCC2=C[C@H]3C[C@@H](CN4CCCC[C@@H]34)[C@@H]21. The summed E-state index contributed by atoms with van der Waals surface area (Å²) in [6, 6.07) is 8.86. The fraction of sp³-hybridized carbons (Fsp3) is 0.615. The van der Waals surface area contributed by atoms with Gasteiger partial charge in [0.2, 0.25) is 5.91 Å². The lowest BCUT2D eigenvalue weighted by Crippen LogP contribution is -2.60. The molecule has 3 fully saturated rings. The Kier molecular flexibility index (Phi) is 4.90. The van der Waals surface area contributed by atoms with Gasteiger partial charge in [-0.3, -0.25) is 14.5 Å². The van der Waals surface area contributed by atoms with Gasteiger partial charge in [-0.25, -0.2) is 0 Å². The third-order valence-corrected chi connectivity index (χ3v) is 8.47. The Balaban J connectivity index is 1.15. The number of carbonyl (C=O) groups excluding carboxylic acids is 2. The summed E-state index contributed by atoms with van der Waals surface area (Å²) in [6.07, 6.45) is 10.5. The third kappa shape index (κ3) is 3.32. The average molecular weight is 420 g/mol. The first-order valence-electron chi connectivity index (χ1n) is 12.3. The molecule has 1 aromatic rings. The van der Waals surface area contributed by atoms with Gasteiger partial charge in [-0.1, -0.05) is 36.3 Å². The van der Waals surface area contributed by atoms with Gasteiger partial charge in [0.25, 0.3) is 5.91 Å². The van der Waals surface area contributed by atoms with Gasteiger partial charge in [0, 0.05) is 44.2 Å². The van der Waals surface area contributed by atoms with Crippen molar-refractivity contribution in [3.63, 3.8) is 0 Å². The molecule has 2 amide bonds. The Bertz CT molecular complexity index is 925. The van der Waals surface area contributed by atoms with Gasteiger partial charge < -0.3 is 9.80 Å². The third-order valence-electron chi connectivity index (χ3n) is 8.47. The summed E-state index contributed by atoms with van der Waals surface area (Å²) in [5, 5.41) is 0. The highest BCUT2D eigenvalue weighted by Crippen LogP contribution is 2.45. The van der Waals surface area contributed by atoms with Gasteiger partial charge in [0.1, 0.15) is 0 Å². The molecule has 164 valence electrons. The zero-order valence-electron chi connectivity index (χ0n) is 18.3. The van der Waals surface area contributed by atoms with E-state index in [-0.39, 0.29) is 11.8 Å². The monoisotopic (exact) mass is 419 g/mol. The van der Waals surface area contributed by atoms with Crippen molar-refractivity contribution in [2.45, 2.75) is 63.6 Å². The highest BCUT2D eigenvalue weighted by molar-refractivity contribution is 5.98. The lowest BCUT2D eigenvalue weighted by molar-refractivity contribution is -0.136. The lowest BCUT2D eigenvalue weighted by Gasteiger charge is -2.54. The molecule has 31 heavy (non-hydrogen) atoms. The van der Waals surface area contributed by atoms with E-state index in [9.17, 15) is 9.59 Å². The average Bonchev–Trinajstić information content (AvgIpc) is 3.13. The second-order valence-electron chi connectivity index (χ2n) is 10.2. The molecule has 6 rings (SSSR count). The number of fused-ring (bicyclic) bond motifs is 7. The second-order valence-corrected chi connectivity index (χ2v) is 10.2. The molecule has 5 nitrogen and oxygen atoms in total. The molecule has 3 saturated heterocycles.